The fourth-order valence-electron chi connectivity index (χ4n) is 3.27. The molecule has 6 nitrogen and oxygen atoms in total. The van der Waals surface area contributed by atoms with E-state index in [1.165, 1.54) is 0 Å². The zero-order chi connectivity index (χ0) is 18.3. The van der Waals surface area contributed by atoms with Crippen LogP contribution < -0.4 is 0 Å². The van der Waals surface area contributed by atoms with Crippen LogP contribution in [-0.2, 0) is 0 Å². The van der Waals surface area contributed by atoms with Crippen LogP contribution >= 0.6 is 0 Å². The first kappa shape index (κ1) is 16.7. The standard InChI is InChI=1S/C20H22N4O2/c1-20(2)13-24(10-9-23(20)3)19(25)14-6-7-17-16(11-14)22-18(26-17)15-5-4-8-21-12-15/h4-8,11-12H,9-10,13H2,1-3H3. The van der Waals surface area contributed by atoms with E-state index in [4.69, 9.17) is 4.42 Å². The van der Waals surface area contributed by atoms with Crippen molar-refractivity contribution in [1.82, 2.24) is 19.8 Å². The SMILES string of the molecule is CN1CCN(C(=O)c2ccc3oc(-c4cccnc4)nc3c2)CC1(C)C. The van der Waals surface area contributed by atoms with Gasteiger partial charge in [-0.3, -0.25) is 14.7 Å². The van der Waals surface area contributed by atoms with E-state index < -0.39 is 0 Å². The number of benzene rings is 1. The quantitative estimate of drug-likeness (QED) is 0.711. The van der Waals surface area contributed by atoms with Crippen molar-refractivity contribution in [3.05, 3.63) is 48.3 Å². The first-order valence-electron chi connectivity index (χ1n) is 8.75. The van der Waals surface area contributed by atoms with E-state index >= 15 is 0 Å². The summed E-state index contributed by atoms with van der Waals surface area (Å²) in [5.41, 5.74) is 2.78. The summed E-state index contributed by atoms with van der Waals surface area (Å²) >= 11 is 0. The van der Waals surface area contributed by atoms with Gasteiger partial charge in [0.2, 0.25) is 5.89 Å². The lowest BCUT2D eigenvalue weighted by atomic mass is 9.99. The van der Waals surface area contributed by atoms with Crippen LogP contribution in [0.15, 0.2) is 47.1 Å². The highest BCUT2D eigenvalue weighted by Crippen LogP contribution is 2.26. The van der Waals surface area contributed by atoms with Crippen molar-refractivity contribution in [2.45, 2.75) is 19.4 Å². The third-order valence-electron chi connectivity index (χ3n) is 5.15. The maximum Gasteiger partial charge on any atom is 0.254 e. The molecule has 134 valence electrons. The minimum atomic E-state index is -0.0284. The molecule has 0 unspecified atom stereocenters. The molecule has 1 saturated heterocycles. The molecule has 3 heterocycles. The van der Waals surface area contributed by atoms with E-state index in [9.17, 15) is 4.79 Å². The van der Waals surface area contributed by atoms with Crippen molar-refractivity contribution in [3.8, 4) is 11.5 Å². The summed E-state index contributed by atoms with van der Waals surface area (Å²) < 4.78 is 5.80. The smallest absolute Gasteiger partial charge is 0.254 e. The molecule has 0 atom stereocenters. The lowest BCUT2D eigenvalue weighted by Gasteiger charge is -2.45. The molecule has 1 aliphatic heterocycles. The van der Waals surface area contributed by atoms with Crippen LogP contribution in [0.3, 0.4) is 0 Å². The van der Waals surface area contributed by atoms with E-state index in [1.807, 2.05) is 35.2 Å². The highest BCUT2D eigenvalue weighted by Gasteiger charge is 2.33. The minimum Gasteiger partial charge on any atom is -0.436 e. The topological polar surface area (TPSA) is 62.5 Å². The summed E-state index contributed by atoms with van der Waals surface area (Å²) in [6.07, 6.45) is 3.42. The van der Waals surface area contributed by atoms with E-state index in [0.29, 0.717) is 29.1 Å². The van der Waals surface area contributed by atoms with Crippen LogP contribution in [-0.4, -0.2) is 57.9 Å². The third kappa shape index (κ3) is 2.97. The second kappa shape index (κ2) is 6.21. The Balaban J connectivity index is 1.62. The average Bonchev–Trinajstić information content (AvgIpc) is 3.07. The molecule has 1 amide bonds. The van der Waals surface area contributed by atoms with Gasteiger partial charge in [-0.2, -0.15) is 0 Å². The molecule has 0 bridgehead atoms. The van der Waals surface area contributed by atoms with Crippen LogP contribution in [0, 0.1) is 0 Å². The molecule has 2 aromatic heterocycles. The molecular formula is C20H22N4O2. The molecule has 26 heavy (non-hydrogen) atoms. The van der Waals surface area contributed by atoms with Gasteiger partial charge >= 0.3 is 0 Å². The minimum absolute atomic E-state index is 0.0284. The zero-order valence-electron chi connectivity index (χ0n) is 15.3. The second-order valence-electron chi connectivity index (χ2n) is 7.40. The number of carbonyl (C=O) groups is 1. The largest absolute Gasteiger partial charge is 0.436 e. The number of aromatic nitrogens is 2. The highest BCUT2D eigenvalue weighted by atomic mass is 16.3. The monoisotopic (exact) mass is 350 g/mol. The van der Waals surface area contributed by atoms with Crippen LogP contribution in [0.5, 0.6) is 0 Å². The van der Waals surface area contributed by atoms with Crippen molar-refractivity contribution < 1.29 is 9.21 Å². The zero-order valence-corrected chi connectivity index (χ0v) is 15.3. The van der Waals surface area contributed by atoms with E-state index in [-0.39, 0.29) is 11.4 Å². The number of rotatable bonds is 2. The molecule has 0 saturated carbocycles. The number of amides is 1. The number of hydrogen-bond donors (Lipinski definition) is 0. The normalized spacial score (nSPS) is 17.6. The maximum atomic E-state index is 13.0. The van der Waals surface area contributed by atoms with E-state index in [2.05, 4.69) is 35.8 Å². The van der Waals surface area contributed by atoms with Crippen molar-refractivity contribution in [1.29, 1.82) is 0 Å². The number of likely N-dealkylation sites (N-methyl/N-ethyl adjacent to an activating group) is 1. The summed E-state index contributed by atoms with van der Waals surface area (Å²) in [4.78, 5) is 25.8. The first-order valence-corrected chi connectivity index (χ1v) is 8.75. The number of carbonyl (C=O) groups excluding carboxylic acids is 1. The predicted octanol–water partition coefficient (Wildman–Crippen LogP) is 3.06. The molecule has 0 radical (unpaired) electrons. The van der Waals surface area contributed by atoms with Crippen LogP contribution in [0.2, 0.25) is 0 Å². The number of pyridine rings is 1. The Kier molecular flexibility index (Phi) is 4.00. The van der Waals surface area contributed by atoms with Crippen LogP contribution in [0.1, 0.15) is 24.2 Å². The molecule has 0 aliphatic carbocycles. The summed E-state index contributed by atoms with van der Waals surface area (Å²) in [5, 5.41) is 0. The van der Waals surface area contributed by atoms with E-state index in [1.54, 1.807) is 12.4 Å². The van der Waals surface area contributed by atoms with Crippen LogP contribution in [0.25, 0.3) is 22.6 Å². The Morgan fingerprint density at radius 1 is 1.23 bits per heavy atom. The molecule has 1 aromatic carbocycles. The third-order valence-corrected chi connectivity index (χ3v) is 5.15. The summed E-state index contributed by atoms with van der Waals surface area (Å²) in [5.74, 6) is 0.553. The van der Waals surface area contributed by atoms with Gasteiger partial charge in [0, 0.05) is 43.1 Å². The van der Waals surface area contributed by atoms with Crippen molar-refractivity contribution in [3.63, 3.8) is 0 Å². The highest BCUT2D eigenvalue weighted by molar-refractivity contribution is 5.97. The number of oxazole rings is 1. The van der Waals surface area contributed by atoms with Gasteiger partial charge in [0.25, 0.3) is 5.91 Å². The number of hydrogen-bond acceptors (Lipinski definition) is 5. The fourth-order valence-corrected chi connectivity index (χ4v) is 3.27. The summed E-state index contributed by atoms with van der Waals surface area (Å²) in [7, 11) is 2.10. The van der Waals surface area contributed by atoms with Gasteiger partial charge in [-0.25, -0.2) is 4.98 Å². The Hall–Kier alpha value is -2.73. The molecule has 4 rings (SSSR count). The van der Waals surface area contributed by atoms with Gasteiger partial charge in [-0.15, -0.1) is 0 Å². The van der Waals surface area contributed by atoms with Gasteiger partial charge < -0.3 is 9.32 Å². The first-order chi connectivity index (χ1) is 12.4. The molecule has 1 aliphatic rings. The van der Waals surface area contributed by atoms with Gasteiger partial charge in [0.15, 0.2) is 5.58 Å². The van der Waals surface area contributed by atoms with Crippen molar-refractivity contribution >= 4 is 17.0 Å². The Morgan fingerprint density at radius 3 is 2.81 bits per heavy atom. The lowest BCUT2D eigenvalue weighted by molar-refractivity contribution is 0.0311. The molecule has 1 fully saturated rings. The van der Waals surface area contributed by atoms with Gasteiger partial charge in [0.05, 0.1) is 5.56 Å². The molecule has 6 heteroatoms. The summed E-state index contributed by atoms with van der Waals surface area (Å²) in [6.45, 7) is 6.63. The Bertz CT molecular complexity index is 949. The van der Waals surface area contributed by atoms with Gasteiger partial charge in [0.1, 0.15) is 5.52 Å². The Labute approximate surface area is 152 Å². The molecule has 0 N–H and O–H groups in total. The number of nitrogens with zero attached hydrogens (tertiary/aromatic N) is 4. The molecule has 0 spiro atoms. The van der Waals surface area contributed by atoms with Gasteiger partial charge in [-0.05, 0) is 51.2 Å². The maximum absolute atomic E-state index is 13.0. The Morgan fingerprint density at radius 2 is 2.08 bits per heavy atom. The lowest BCUT2D eigenvalue weighted by Crippen LogP contribution is -2.58. The number of fused-ring (bicyclic) bond motifs is 1. The number of piperazine rings is 1. The fraction of sp³-hybridized carbons (Fsp3) is 0.350. The average molecular weight is 350 g/mol. The second-order valence-corrected chi connectivity index (χ2v) is 7.40. The van der Waals surface area contributed by atoms with E-state index in [0.717, 1.165) is 18.7 Å². The molecular weight excluding hydrogens is 328 g/mol. The molecule has 3 aromatic rings. The van der Waals surface area contributed by atoms with Gasteiger partial charge in [-0.1, -0.05) is 0 Å². The van der Waals surface area contributed by atoms with Crippen LogP contribution in [0.4, 0.5) is 0 Å². The summed E-state index contributed by atoms with van der Waals surface area (Å²) in [6, 6.07) is 9.18. The predicted molar refractivity (Wildman–Crippen MR) is 99.9 cm³/mol. The van der Waals surface area contributed by atoms with Crippen molar-refractivity contribution in [2.24, 2.45) is 0 Å². The van der Waals surface area contributed by atoms with Crippen molar-refractivity contribution in [2.75, 3.05) is 26.7 Å².